The monoisotopic (exact) mass is 321 g/mol. The number of nitrogens with one attached hydrogen (secondary N) is 1. The fourth-order valence-corrected chi connectivity index (χ4v) is 3.52. The van der Waals surface area contributed by atoms with Crippen molar-refractivity contribution < 1.29 is 0 Å². The van der Waals surface area contributed by atoms with E-state index in [1.54, 1.807) is 0 Å². The second-order valence-corrected chi connectivity index (χ2v) is 6.44. The lowest BCUT2D eigenvalue weighted by molar-refractivity contribution is 0.578. The van der Waals surface area contributed by atoms with Crippen molar-refractivity contribution in [2.75, 3.05) is 31.1 Å². The third-order valence-electron chi connectivity index (χ3n) is 4.87. The molecule has 0 spiro atoms. The van der Waals surface area contributed by atoms with E-state index in [9.17, 15) is 0 Å². The van der Waals surface area contributed by atoms with Crippen molar-refractivity contribution in [1.82, 2.24) is 19.9 Å². The number of benzene rings is 1. The molecule has 1 saturated heterocycles. The van der Waals surface area contributed by atoms with Crippen LogP contribution in [0.25, 0.3) is 16.8 Å². The zero-order valence-electron chi connectivity index (χ0n) is 14.5. The van der Waals surface area contributed by atoms with Crippen molar-refractivity contribution in [1.29, 1.82) is 0 Å². The Morgan fingerprint density at radius 1 is 0.958 bits per heavy atom. The van der Waals surface area contributed by atoms with Gasteiger partial charge in [0.2, 0.25) is 0 Å². The van der Waals surface area contributed by atoms with Crippen LogP contribution in [0.2, 0.25) is 0 Å². The molecule has 0 saturated carbocycles. The van der Waals surface area contributed by atoms with Crippen molar-refractivity contribution >= 4 is 11.5 Å². The Labute approximate surface area is 142 Å². The van der Waals surface area contributed by atoms with Crippen molar-refractivity contribution in [2.24, 2.45) is 0 Å². The molecule has 0 amide bonds. The Morgan fingerprint density at radius 2 is 1.67 bits per heavy atom. The van der Waals surface area contributed by atoms with Crippen molar-refractivity contribution in [3.05, 3.63) is 47.3 Å². The summed E-state index contributed by atoms with van der Waals surface area (Å²) >= 11 is 0. The minimum Gasteiger partial charge on any atom is -0.354 e. The first-order valence-corrected chi connectivity index (χ1v) is 8.54. The zero-order valence-corrected chi connectivity index (χ0v) is 14.5. The highest BCUT2D eigenvalue weighted by Crippen LogP contribution is 2.32. The van der Waals surface area contributed by atoms with E-state index >= 15 is 0 Å². The van der Waals surface area contributed by atoms with E-state index in [0.29, 0.717) is 0 Å². The highest BCUT2D eigenvalue weighted by atomic mass is 15.4. The fourth-order valence-electron chi connectivity index (χ4n) is 3.52. The molecule has 5 heteroatoms. The smallest absolute Gasteiger partial charge is 0.165 e. The lowest BCUT2D eigenvalue weighted by atomic mass is 10.1. The summed E-state index contributed by atoms with van der Waals surface area (Å²) in [5.41, 5.74) is 6.58. The molecule has 1 N–H and O–H groups in total. The number of nitrogens with zero attached hydrogens (tertiary/aromatic N) is 4. The lowest BCUT2D eigenvalue weighted by Crippen LogP contribution is -2.44. The number of hydrogen-bond donors (Lipinski definition) is 1. The fraction of sp³-hybridized carbons (Fsp3) is 0.368. The normalized spacial score (nSPS) is 15.2. The lowest BCUT2D eigenvalue weighted by Gasteiger charge is -2.31. The van der Waals surface area contributed by atoms with E-state index < -0.39 is 0 Å². The molecule has 1 aliphatic heterocycles. The molecule has 1 fully saturated rings. The molecule has 5 nitrogen and oxygen atoms in total. The van der Waals surface area contributed by atoms with Crippen LogP contribution in [0.1, 0.15) is 17.0 Å². The van der Waals surface area contributed by atoms with Gasteiger partial charge >= 0.3 is 0 Å². The van der Waals surface area contributed by atoms with E-state index in [1.165, 1.54) is 16.9 Å². The van der Waals surface area contributed by atoms with Gasteiger partial charge in [0.05, 0.1) is 5.69 Å². The minimum absolute atomic E-state index is 0.954. The van der Waals surface area contributed by atoms with Crippen LogP contribution in [-0.2, 0) is 0 Å². The van der Waals surface area contributed by atoms with Crippen LogP contribution in [0.4, 0.5) is 5.82 Å². The largest absolute Gasteiger partial charge is 0.354 e. The Morgan fingerprint density at radius 3 is 2.38 bits per heavy atom. The molecule has 4 rings (SSSR count). The molecule has 0 atom stereocenters. The maximum atomic E-state index is 4.89. The highest BCUT2D eigenvalue weighted by Gasteiger charge is 2.22. The molecular weight excluding hydrogens is 298 g/mol. The SMILES string of the molecule is Cc1nc2c(-c3ccccc3)c(C)nn2c(N2CCNCC2)c1C. The van der Waals surface area contributed by atoms with Crippen LogP contribution in [0, 0.1) is 20.8 Å². The van der Waals surface area contributed by atoms with Gasteiger partial charge in [-0.25, -0.2) is 4.98 Å². The summed E-state index contributed by atoms with van der Waals surface area (Å²) in [6.45, 7) is 10.3. The summed E-state index contributed by atoms with van der Waals surface area (Å²) < 4.78 is 2.05. The molecule has 0 radical (unpaired) electrons. The number of aromatic nitrogens is 3. The molecular formula is C19H23N5. The molecule has 1 aliphatic rings. The van der Waals surface area contributed by atoms with Gasteiger partial charge in [0.25, 0.3) is 0 Å². The van der Waals surface area contributed by atoms with Crippen LogP contribution >= 0.6 is 0 Å². The second-order valence-electron chi connectivity index (χ2n) is 6.44. The maximum absolute atomic E-state index is 4.89. The number of rotatable bonds is 2. The van der Waals surface area contributed by atoms with Gasteiger partial charge in [-0.3, -0.25) is 0 Å². The Hall–Kier alpha value is -2.40. The highest BCUT2D eigenvalue weighted by molar-refractivity contribution is 5.81. The van der Waals surface area contributed by atoms with Crippen molar-refractivity contribution in [3.8, 4) is 11.1 Å². The maximum Gasteiger partial charge on any atom is 0.165 e. The standard InChI is InChI=1S/C19H23N5/c1-13-14(2)21-18-17(16-7-5-4-6-8-16)15(3)22-24(18)19(13)23-11-9-20-10-12-23/h4-8,20H,9-12H2,1-3H3. The van der Waals surface area contributed by atoms with Crippen molar-refractivity contribution in [2.45, 2.75) is 20.8 Å². The number of anilines is 1. The Balaban J connectivity index is 1.98. The second kappa shape index (κ2) is 5.91. The molecule has 1 aromatic carbocycles. The van der Waals surface area contributed by atoms with Gasteiger partial charge in [-0.15, -0.1) is 0 Å². The van der Waals surface area contributed by atoms with Crippen LogP contribution in [-0.4, -0.2) is 40.8 Å². The summed E-state index contributed by atoms with van der Waals surface area (Å²) in [7, 11) is 0. The van der Waals surface area contributed by atoms with Crippen molar-refractivity contribution in [3.63, 3.8) is 0 Å². The summed E-state index contributed by atoms with van der Waals surface area (Å²) in [6.07, 6.45) is 0. The first-order valence-electron chi connectivity index (χ1n) is 8.54. The van der Waals surface area contributed by atoms with E-state index in [2.05, 4.69) is 55.3 Å². The molecule has 0 unspecified atom stereocenters. The predicted molar refractivity (Wildman–Crippen MR) is 97.7 cm³/mol. The molecule has 3 heterocycles. The van der Waals surface area contributed by atoms with Crippen LogP contribution in [0.3, 0.4) is 0 Å². The van der Waals surface area contributed by atoms with Crippen LogP contribution in [0.5, 0.6) is 0 Å². The molecule has 3 aromatic rings. The van der Waals surface area contributed by atoms with E-state index in [0.717, 1.165) is 48.8 Å². The topological polar surface area (TPSA) is 45.5 Å². The van der Waals surface area contributed by atoms with E-state index in [-0.39, 0.29) is 0 Å². The average Bonchev–Trinajstić information content (AvgIpc) is 2.93. The minimum atomic E-state index is 0.954. The van der Waals surface area contributed by atoms with Crippen LogP contribution in [0.15, 0.2) is 30.3 Å². The van der Waals surface area contributed by atoms with E-state index in [1.807, 2.05) is 10.6 Å². The predicted octanol–water partition coefficient (Wildman–Crippen LogP) is 2.73. The Bertz CT molecular complexity index is 876. The molecule has 24 heavy (non-hydrogen) atoms. The van der Waals surface area contributed by atoms with Gasteiger partial charge in [-0.05, 0) is 26.3 Å². The van der Waals surface area contributed by atoms with Crippen LogP contribution < -0.4 is 10.2 Å². The quantitative estimate of drug-likeness (QED) is 0.788. The van der Waals surface area contributed by atoms with Gasteiger partial charge < -0.3 is 10.2 Å². The third kappa shape index (κ3) is 2.36. The van der Waals surface area contributed by atoms with Gasteiger partial charge in [-0.2, -0.15) is 9.61 Å². The summed E-state index contributed by atoms with van der Waals surface area (Å²) in [5.74, 6) is 1.18. The number of piperazine rings is 1. The van der Waals surface area contributed by atoms with Gasteiger partial charge in [0, 0.05) is 43.0 Å². The summed E-state index contributed by atoms with van der Waals surface area (Å²) in [5, 5.41) is 8.28. The van der Waals surface area contributed by atoms with E-state index in [4.69, 9.17) is 10.1 Å². The van der Waals surface area contributed by atoms with Gasteiger partial charge in [0.15, 0.2) is 5.65 Å². The molecule has 0 aliphatic carbocycles. The first-order chi connectivity index (χ1) is 11.7. The number of aryl methyl sites for hydroxylation is 2. The third-order valence-corrected chi connectivity index (χ3v) is 4.87. The van der Waals surface area contributed by atoms with Gasteiger partial charge in [0.1, 0.15) is 5.82 Å². The average molecular weight is 321 g/mol. The number of hydrogen-bond acceptors (Lipinski definition) is 4. The Kier molecular flexibility index (Phi) is 3.73. The molecule has 0 bridgehead atoms. The summed E-state index contributed by atoms with van der Waals surface area (Å²) in [4.78, 5) is 7.31. The first kappa shape index (κ1) is 15.1. The molecule has 2 aromatic heterocycles. The van der Waals surface area contributed by atoms with Gasteiger partial charge in [-0.1, -0.05) is 30.3 Å². The zero-order chi connectivity index (χ0) is 16.7. The molecule has 124 valence electrons. The number of fused-ring (bicyclic) bond motifs is 1. The summed E-state index contributed by atoms with van der Waals surface area (Å²) in [6, 6.07) is 10.4.